The fraction of sp³-hybridized carbons (Fsp3) is 0.455. The molecule has 1 heterocycles. The van der Waals surface area contributed by atoms with Crippen molar-refractivity contribution in [2.75, 3.05) is 30.9 Å². The van der Waals surface area contributed by atoms with Crippen molar-refractivity contribution in [1.29, 1.82) is 0 Å². The molecule has 0 aliphatic carbocycles. The molecular formula is C11H16N2O. The molecule has 1 atom stereocenters. The molecule has 1 aromatic carbocycles. The first kappa shape index (κ1) is 9.34. The van der Waals surface area contributed by atoms with Gasteiger partial charge in [0.1, 0.15) is 0 Å². The summed E-state index contributed by atoms with van der Waals surface area (Å²) in [7, 11) is 2.09. The molecule has 0 radical (unpaired) electrons. The van der Waals surface area contributed by atoms with E-state index in [2.05, 4.69) is 18.0 Å². The van der Waals surface area contributed by atoms with Crippen molar-refractivity contribution in [2.24, 2.45) is 0 Å². The van der Waals surface area contributed by atoms with Crippen LogP contribution in [-0.2, 0) is 4.74 Å². The Morgan fingerprint density at radius 2 is 2.36 bits per heavy atom. The van der Waals surface area contributed by atoms with Crippen LogP contribution in [0, 0.1) is 0 Å². The van der Waals surface area contributed by atoms with Gasteiger partial charge in [0, 0.05) is 25.0 Å². The van der Waals surface area contributed by atoms with Gasteiger partial charge in [0.25, 0.3) is 0 Å². The Labute approximate surface area is 84.5 Å². The van der Waals surface area contributed by atoms with Crippen LogP contribution in [0.15, 0.2) is 24.3 Å². The average molecular weight is 192 g/mol. The van der Waals surface area contributed by atoms with E-state index in [0.717, 1.165) is 25.3 Å². The summed E-state index contributed by atoms with van der Waals surface area (Å²) in [6.07, 6.45) is 1.10. The number of ether oxygens (including phenoxy) is 1. The topological polar surface area (TPSA) is 38.5 Å². The molecule has 3 nitrogen and oxygen atoms in total. The lowest BCUT2D eigenvalue weighted by Gasteiger charge is -2.25. The van der Waals surface area contributed by atoms with Crippen molar-refractivity contribution in [1.82, 2.24) is 0 Å². The van der Waals surface area contributed by atoms with E-state index in [4.69, 9.17) is 10.5 Å². The minimum absolute atomic E-state index is 0.497. The highest BCUT2D eigenvalue weighted by Gasteiger charge is 2.20. The normalized spacial score (nSPS) is 21.1. The van der Waals surface area contributed by atoms with E-state index in [-0.39, 0.29) is 0 Å². The number of hydrogen-bond acceptors (Lipinski definition) is 3. The molecule has 1 aliphatic rings. The van der Waals surface area contributed by atoms with Gasteiger partial charge in [0.15, 0.2) is 0 Å². The summed E-state index contributed by atoms with van der Waals surface area (Å²) in [5.41, 5.74) is 7.72. The standard InChI is InChI=1S/C11H16N2O/c1-13(11-5-6-14-8-11)10-4-2-3-9(12)7-10/h2-4,7,11H,5-6,8,12H2,1H3. The van der Waals surface area contributed by atoms with Crippen molar-refractivity contribution in [3.8, 4) is 0 Å². The number of nitrogen functional groups attached to an aromatic ring is 1. The fourth-order valence-electron chi connectivity index (χ4n) is 1.78. The van der Waals surface area contributed by atoms with Crippen LogP contribution in [0.1, 0.15) is 6.42 Å². The molecule has 76 valence electrons. The molecule has 14 heavy (non-hydrogen) atoms. The first-order chi connectivity index (χ1) is 6.77. The van der Waals surface area contributed by atoms with E-state index in [9.17, 15) is 0 Å². The first-order valence-electron chi connectivity index (χ1n) is 4.93. The predicted octanol–water partition coefficient (Wildman–Crippen LogP) is 1.49. The van der Waals surface area contributed by atoms with Crippen molar-refractivity contribution in [2.45, 2.75) is 12.5 Å². The van der Waals surface area contributed by atoms with E-state index in [1.54, 1.807) is 0 Å². The molecule has 1 saturated heterocycles. The number of rotatable bonds is 2. The minimum atomic E-state index is 0.497. The van der Waals surface area contributed by atoms with Gasteiger partial charge in [-0.1, -0.05) is 6.07 Å². The minimum Gasteiger partial charge on any atom is -0.399 e. The Morgan fingerprint density at radius 3 is 3.00 bits per heavy atom. The molecular weight excluding hydrogens is 176 g/mol. The summed E-state index contributed by atoms with van der Waals surface area (Å²) in [4.78, 5) is 2.24. The second-order valence-corrected chi connectivity index (χ2v) is 3.72. The van der Waals surface area contributed by atoms with E-state index >= 15 is 0 Å². The molecule has 0 bridgehead atoms. The van der Waals surface area contributed by atoms with Gasteiger partial charge in [-0.3, -0.25) is 0 Å². The maximum absolute atomic E-state index is 5.74. The molecule has 1 fully saturated rings. The van der Waals surface area contributed by atoms with Gasteiger partial charge < -0.3 is 15.4 Å². The first-order valence-corrected chi connectivity index (χ1v) is 4.93. The van der Waals surface area contributed by atoms with Crippen LogP contribution in [0.2, 0.25) is 0 Å². The molecule has 1 aromatic rings. The van der Waals surface area contributed by atoms with Crippen LogP contribution in [0.3, 0.4) is 0 Å². The van der Waals surface area contributed by atoms with E-state index in [0.29, 0.717) is 6.04 Å². The Hall–Kier alpha value is -1.22. The number of benzene rings is 1. The second-order valence-electron chi connectivity index (χ2n) is 3.72. The van der Waals surface area contributed by atoms with E-state index < -0.39 is 0 Å². The maximum atomic E-state index is 5.74. The van der Waals surface area contributed by atoms with Gasteiger partial charge in [0.05, 0.1) is 12.6 Å². The molecule has 0 aromatic heterocycles. The summed E-state index contributed by atoms with van der Waals surface area (Å²) in [5, 5.41) is 0. The SMILES string of the molecule is CN(c1cccc(N)c1)C1CCOC1. The fourth-order valence-corrected chi connectivity index (χ4v) is 1.78. The molecule has 2 rings (SSSR count). The van der Waals surface area contributed by atoms with Crippen LogP contribution in [-0.4, -0.2) is 26.3 Å². The number of hydrogen-bond donors (Lipinski definition) is 1. The zero-order chi connectivity index (χ0) is 9.97. The lowest BCUT2D eigenvalue weighted by molar-refractivity contribution is 0.193. The predicted molar refractivity (Wildman–Crippen MR) is 58.5 cm³/mol. The largest absolute Gasteiger partial charge is 0.399 e. The van der Waals surface area contributed by atoms with Gasteiger partial charge >= 0.3 is 0 Å². The average Bonchev–Trinajstić information content (AvgIpc) is 2.69. The van der Waals surface area contributed by atoms with Crippen molar-refractivity contribution in [3.05, 3.63) is 24.3 Å². The van der Waals surface area contributed by atoms with Crippen LogP contribution < -0.4 is 10.6 Å². The zero-order valence-corrected chi connectivity index (χ0v) is 8.44. The van der Waals surface area contributed by atoms with Crippen LogP contribution in [0.4, 0.5) is 11.4 Å². The zero-order valence-electron chi connectivity index (χ0n) is 8.44. The van der Waals surface area contributed by atoms with Gasteiger partial charge in [-0.05, 0) is 24.6 Å². The number of nitrogens with two attached hydrogens (primary N) is 1. The third kappa shape index (κ3) is 1.82. The monoisotopic (exact) mass is 192 g/mol. The van der Waals surface area contributed by atoms with Crippen LogP contribution in [0.5, 0.6) is 0 Å². The quantitative estimate of drug-likeness (QED) is 0.721. The molecule has 1 aliphatic heterocycles. The second kappa shape index (κ2) is 3.88. The van der Waals surface area contributed by atoms with Gasteiger partial charge in [-0.15, -0.1) is 0 Å². The van der Waals surface area contributed by atoms with Crippen LogP contribution >= 0.6 is 0 Å². The lowest BCUT2D eigenvalue weighted by atomic mass is 10.2. The number of nitrogens with zero attached hydrogens (tertiary/aromatic N) is 1. The smallest absolute Gasteiger partial charge is 0.0670 e. The summed E-state index contributed by atoms with van der Waals surface area (Å²) in [6, 6.07) is 8.46. The third-order valence-electron chi connectivity index (χ3n) is 2.73. The molecule has 0 amide bonds. The van der Waals surface area contributed by atoms with Crippen LogP contribution in [0.25, 0.3) is 0 Å². The Balaban J connectivity index is 2.13. The highest BCUT2D eigenvalue weighted by molar-refractivity contribution is 5.56. The number of likely N-dealkylation sites (N-methyl/N-ethyl adjacent to an activating group) is 1. The Kier molecular flexibility index (Phi) is 2.59. The maximum Gasteiger partial charge on any atom is 0.0670 e. The summed E-state index contributed by atoms with van der Waals surface area (Å²) < 4.78 is 5.36. The molecule has 0 spiro atoms. The van der Waals surface area contributed by atoms with Crippen molar-refractivity contribution >= 4 is 11.4 Å². The lowest BCUT2D eigenvalue weighted by Crippen LogP contribution is -2.31. The van der Waals surface area contributed by atoms with Gasteiger partial charge in [-0.25, -0.2) is 0 Å². The highest BCUT2D eigenvalue weighted by Crippen LogP contribution is 2.21. The van der Waals surface area contributed by atoms with Gasteiger partial charge in [-0.2, -0.15) is 0 Å². The highest BCUT2D eigenvalue weighted by atomic mass is 16.5. The van der Waals surface area contributed by atoms with E-state index in [1.165, 1.54) is 5.69 Å². The summed E-state index contributed by atoms with van der Waals surface area (Å²) in [5.74, 6) is 0. The van der Waals surface area contributed by atoms with Gasteiger partial charge in [0.2, 0.25) is 0 Å². The van der Waals surface area contributed by atoms with E-state index in [1.807, 2.05) is 18.2 Å². The molecule has 0 saturated carbocycles. The Morgan fingerprint density at radius 1 is 1.50 bits per heavy atom. The van der Waals surface area contributed by atoms with Crippen molar-refractivity contribution < 1.29 is 4.74 Å². The molecule has 1 unspecified atom stereocenters. The third-order valence-corrected chi connectivity index (χ3v) is 2.73. The molecule has 3 heteroatoms. The summed E-state index contributed by atoms with van der Waals surface area (Å²) in [6.45, 7) is 1.70. The Bertz CT molecular complexity index is 308. The number of anilines is 2. The molecule has 2 N–H and O–H groups in total. The summed E-state index contributed by atoms with van der Waals surface area (Å²) >= 11 is 0. The van der Waals surface area contributed by atoms with Crippen molar-refractivity contribution in [3.63, 3.8) is 0 Å².